The van der Waals surface area contributed by atoms with Crippen molar-refractivity contribution in [1.29, 1.82) is 0 Å². The second kappa shape index (κ2) is 34.9. The maximum Gasteiger partial charge on any atom is 0.0261 e. The molecule has 0 amide bonds. The van der Waals surface area contributed by atoms with Gasteiger partial charge in [0.25, 0.3) is 0 Å². The number of benzene rings is 2. The maximum absolute atomic E-state index is 2.93. The summed E-state index contributed by atoms with van der Waals surface area (Å²) < 4.78 is 0. The van der Waals surface area contributed by atoms with E-state index in [2.05, 4.69) is 86.3 Å². The van der Waals surface area contributed by atoms with Crippen LogP contribution in [0.3, 0.4) is 0 Å². The third-order valence-corrected chi connectivity index (χ3v) is 12.2. The summed E-state index contributed by atoms with van der Waals surface area (Å²) in [6.07, 6.45) is 48.2. The number of nitrogens with zero attached hydrogens (tertiary/aromatic N) is 1. The van der Waals surface area contributed by atoms with Crippen LogP contribution in [0.2, 0.25) is 0 Å². The van der Waals surface area contributed by atoms with Crippen LogP contribution in [0.4, 0.5) is 0 Å². The molecule has 0 spiro atoms. The highest BCUT2D eigenvalue weighted by Gasteiger charge is 2.32. The summed E-state index contributed by atoms with van der Waals surface area (Å²) in [7, 11) is 0. The Bertz CT molecular complexity index is 921. The van der Waals surface area contributed by atoms with Gasteiger partial charge in [0.2, 0.25) is 0 Å². The molecule has 0 bridgehead atoms. The van der Waals surface area contributed by atoms with Crippen molar-refractivity contribution in [3.05, 3.63) is 71.8 Å². The Kier molecular flexibility index (Phi) is 31.3. The molecule has 0 fully saturated rings. The van der Waals surface area contributed by atoms with Gasteiger partial charge in [0.15, 0.2) is 0 Å². The zero-order valence-electron chi connectivity index (χ0n) is 36.2. The molecule has 0 aromatic heterocycles. The molecular weight excluding hydrogens is 639 g/mol. The summed E-state index contributed by atoms with van der Waals surface area (Å²) in [5.41, 5.74) is 3.10. The number of hydrogen-bond acceptors (Lipinski definition) is 1. The fourth-order valence-electron chi connectivity index (χ4n) is 8.71. The Labute approximate surface area is 333 Å². The van der Waals surface area contributed by atoms with Crippen LogP contribution in [0.5, 0.6) is 0 Å². The molecule has 1 nitrogen and oxygen atoms in total. The summed E-state index contributed by atoms with van der Waals surface area (Å²) >= 11 is 0. The van der Waals surface area contributed by atoms with Gasteiger partial charge in [0.1, 0.15) is 0 Å². The standard InChI is InChI=1S/C52H91N/c1-4-6-8-10-12-14-16-18-20-22-24-26-28-30-32-40-46-53(47-41-33-31-29-27-25-23-21-19-17-15-13-11-9-7-5-2)52(3,48-50-42-36-34-37-43-50)49-51-44-38-35-39-45-51/h34-39,42-45H,4-33,40-41,46-49H2,1-3H3. The van der Waals surface area contributed by atoms with E-state index in [0.717, 1.165) is 12.8 Å². The van der Waals surface area contributed by atoms with Crippen LogP contribution >= 0.6 is 0 Å². The lowest BCUT2D eigenvalue weighted by Gasteiger charge is -2.42. The summed E-state index contributed by atoms with van der Waals surface area (Å²) in [5, 5.41) is 0. The molecule has 0 heterocycles. The highest BCUT2D eigenvalue weighted by atomic mass is 15.2. The smallest absolute Gasteiger partial charge is 0.0261 e. The summed E-state index contributed by atoms with van der Waals surface area (Å²) in [5.74, 6) is 0. The molecule has 0 aliphatic heterocycles. The van der Waals surface area contributed by atoms with Crippen molar-refractivity contribution in [1.82, 2.24) is 4.90 Å². The first-order valence-electron chi connectivity index (χ1n) is 24.0. The largest absolute Gasteiger partial charge is 0.297 e. The van der Waals surface area contributed by atoms with Crippen molar-refractivity contribution in [2.75, 3.05) is 13.1 Å². The van der Waals surface area contributed by atoms with Crippen LogP contribution in [0.25, 0.3) is 0 Å². The van der Waals surface area contributed by atoms with Gasteiger partial charge in [0, 0.05) is 5.54 Å². The fraction of sp³-hybridized carbons (Fsp3) is 0.769. The lowest BCUT2D eigenvalue weighted by Crippen LogP contribution is -2.50. The molecule has 0 unspecified atom stereocenters. The summed E-state index contributed by atoms with van der Waals surface area (Å²) in [6.45, 7) is 9.69. The monoisotopic (exact) mass is 730 g/mol. The molecule has 2 aromatic rings. The van der Waals surface area contributed by atoms with Crippen molar-refractivity contribution in [3.63, 3.8) is 0 Å². The zero-order valence-corrected chi connectivity index (χ0v) is 36.2. The van der Waals surface area contributed by atoms with E-state index < -0.39 is 0 Å². The van der Waals surface area contributed by atoms with Gasteiger partial charge in [-0.3, -0.25) is 4.90 Å². The first-order valence-corrected chi connectivity index (χ1v) is 24.0. The number of rotatable bonds is 39. The van der Waals surface area contributed by atoms with Gasteiger partial charge in [0.05, 0.1) is 0 Å². The molecule has 304 valence electrons. The van der Waals surface area contributed by atoms with Crippen LogP contribution in [-0.2, 0) is 12.8 Å². The van der Waals surface area contributed by atoms with Crippen molar-refractivity contribution in [2.45, 2.75) is 245 Å². The van der Waals surface area contributed by atoms with E-state index in [4.69, 9.17) is 0 Å². The third-order valence-electron chi connectivity index (χ3n) is 12.2. The van der Waals surface area contributed by atoms with Crippen molar-refractivity contribution in [2.24, 2.45) is 0 Å². The quantitative estimate of drug-likeness (QED) is 0.0619. The van der Waals surface area contributed by atoms with Gasteiger partial charge in [-0.25, -0.2) is 0 Å². The fourth-order valence-corrected chi connectivity index (χ4v) is 8.71. The van der Waals surface area contributed by atoms with Gasteiger partial charge >= 0.3 is 0 Å². The van der Waals surface area contributed by atoms with E-state index in [1.807, 2.05) is 0 Å². The van der Waals surface area contributed by atoms with Crippen molar-refractivity contribution in [3.8, 4) is 0 Å². The maximum atomic E-state index is 2.93. The van der Waals surface area contributed by atoms with Crippen LogP contribution in [0.1, 0.15) is 237 Å². The predicted molar refractivity (Wildman–Crippen MR) is 239 cm³/mol. The molecule has 2 aromatic carbocycles. The topological polar surface area (TPSA) is 3.24 Å². The average Bonchev–Trinajstić information content (AvgIpc) is 3.17. The molecule has 0 saturated heterocycles. The molecule has 0 atom stereocenters. The summed E-state index contributed by atoms with van der Waals surface area (Å²) in [6, 6.07) is 22.7. The van der Waals surface area contributed by atoms with E-state index in [0.29, 0.717) is 0 Å². The molecule has 2 rings (SSSR count). The van der Waals surface area contributed by atoms with E-state index >= 15 is 0 Å². The second-order valence-electron chi connectivity index (χ2n) is 17.4. The van der Waals surface area contributed by atoms with Crippen molar-refractivity contribution >= 4 is 0 Å². The third kappa shape index (κ3) is 26.8. The van der Waals surface area contributed by atoms with Gasteiger partial charge in [-0.05, 0) is 56.8 Å². The second-order valence-corrected chi connectivity index (χ2v) is 17.4. The molecule has 0 saturated carbocycles. The minimum Gasteiger partial charge on any atom is -0.297 e. The normalized spacial score (nSPS) is 11.9. The van der Waals surface area contributed by atoms with Crippen LogP contribution in [0, 0.1) is 0 Å². The molecule has 0 radical (unpaired) electrons. The first kappa shape index (κ1) is 47.6. The number of unbranched alkanes of at least 4 members (excludes halogenated alkanes) is 30. The number of hydrogen-bond donors (Lipinski definition) is 0. The van der Waals surface area contributed by atoms with Crippen LogP contribution in [-0.4, -0.2) is 23.5 Å². The first-order chi connectivity index (χ1) is 26.2. The average molecular weight is 730 g/mol. The van der Waals surface area contributed by atoms with E-state index in [1.54, 1.807) is 0 Å². The Balaban J connectivity index is 1.72. The lowest BCUT2D eigenvalue weighted by molar-refractivity contribution is 0.0969. The molecule has 0 aliphatic carbocycles. The minimum atomic E-state index is 0.133. The molecule has 0 N–H and O–H groups in total. The molecule has 53 heavy (non-hydrogen) atoms. The van der Waals surface area contributed by atoms with Crippen LogP contribution < -0.4 is 0 Å². The highest BCUT2D eigenvalue weighted by Crippen LogP contribution is 2.28. The molecule has 1 heteroatoms. The highest BCUT2D eigenvalue weighted by molar-refractivity contribution is 5.22. The zero-order chi connectivity index (χ0) is 37.8. The predicted octanol–water partition coefficient (Wildman–Crippen LogP) is 17.1. The van der Waals surface area contributed by atoms with Crippen molar-refractivity contribution < 1.29 is 0 Å². The van der Waals surface area contributed by atoms with Gasteiger partial charge in [-0.15, -0.1) is 0 Å². The van der Waals surface area contributed by atoms with E-state index in [1.165, 1.54) is 230 Å². The van der Waals surface area contributed by atoms with Gasteiger partial charge in [-0.2, -0.15) is 0 Å². The van der Waals surface area contributed by atoms with E-state index in [9.17, 15) is 0 Å². The Hall–Kier alpha value is -1.60. The Morgan fingerprint density at radius 3 is 0.792 bits per heavy atom. The SMILES string of the molecule is CCCCCCCCCCCCCCCCCCN(CCCCCCCCCCCCCCCCCC)C(C)(Cc1ccccc1)Cc1ccccc1. The summed E-state index contributed by atoms with van der Waals surface area (Å²) in [4.78, 5) is 2.93. The van der Waals surface area contributed by atoms with Crippen LogP contribution in [0.15, 0.2) is 60.7 Å². The Morgan fingerprint density at radius 2 is 0.547 bits per heavy atom. The molecule has 0 aliphatic rings. The lowest BCUT2D eigenvalue weighted by atomic mass is 9.84. The van der Waals surface area contributed by atoms with E-state index in [-0.39, 0.29) is 5.54 Å². The van der Waals surface area contributed by atoms with Gasteiger partial charge in [-0.1, -0.05) is 267 Å². The molecular formula is C52H91N. The minimum absolute atomic E-state index is 0.133. The van der Waals surface area contributed by atoms with Gasteiger partial charge < -0.3 is 0 Å². The Morgan fingerprint density at radius 1 is 0.321 bits per heavy atom.